The summed E-state index contributed by atoms with van der Waals surface area (Å²) in [6.45, 7) is 6.05. The highest BCUT2D eigenvalue weighted by Crippen LogP contribution is 2.22. The van der Waals surface area contributed by atoms with Crippen LogP contribution in [0.15, 0.2) is 54.6 Å². The lowest BCUT2D eigenvalue weighted by Crippen LogP contribution is -2.46. The van der Waals surface area contributed by atoms with E-state index in [4.69, 9.17) is 5.73 Å². The summed E-state index contributed by atoms with van der Waals surface area (Å²) in [6, 6.07) is 19.5. The fraction of sp³-hybridized carbons (Fsp3) is 0.400. The standard InChI is InChI=1S/C20H28N4/c21-12-4-5-13-22-18-8-10-20(11-9-18)24-16-14-23(15-17-24)19-6-2-1-3-7-19/h1-3,6-11,22H,4-5,12-17,21H2. The maximum absolute atomic E-state index is 5.52. The van der Waals surface area contributed by atoms with Crippen LogP contribution in [0.2, 0.25) is 0 Å². The van der Waals surface area contributed by atoms with Crippen LogP contribution in [-0.4, -0.2) is 39.3 Å². The van der Waals surface area contributed by atoms with Crippen molar-refractivity contribution in [3.63, 3.8) is 0 Å². The number of hydrogen-bond donors (Lipinski definition) is 2. The predicted molar refractivity (Wildman–Crippen MR) is 104 cm³/mol. The highest BCUT2D eigenvalue weighted by atomic mass is 15.3. The smallest absolute Gasteiger partial charge is 0.0368 e. The van der Waals surface area contributed by atoms with Crippen molar-refractivity contribution in [3.8, 4) is 0 Å². The van der Waals surface area contributed by atoms with E-state index in [0.29, 0.717) is 0 Å². The Kier molecular flexibility index (Phi) is 5.96. The first-order valence-electron chi connectivity index (χ1n) is 8.96. The average molecular weight is 324 g/mol. The van der Waals surface area contributed by atoms with E-state index < -0.39 is 0 Å². The zero-order valence-corrected chi connectivity index (χ0v) is 14.3. The topological polar surface area (TPSA) is 44.5 Å². The minimum absolute atomic E-state index is 0.773. The Morgan fingerprint density at radius 1 is 0.750 bits per heavy atom. The Labute approximate surface area is 145 Å². The van der Waals surface area contributed by atoms with Crippen molar-refractivity contribution in [1.82, 2.24) is 0 Å². The van der Waals surface area contributed by atoms with Crippen LogP contribution in [0.1, 0.15) is 12.8 Å². The summed E-state index contributed by atoms with van der Waals surface area (Å²) in [7, 11) is 0. The first-order chi connectivity index (χ1) is 11.9. The van der Waals surface area contributed by atoms with Gasteiger partial charge in [0.25, 0.3) is 0 Å². The molecule has 128 valence electrons. The number of rotatable bonds is 7. The third-order valence-electron chi connectivity index (χ3n) is 4.59. The molecule has 0 unspecified atom stereocenters. The zero-order valence-electron chi connectivity index (χ0n) is 14.3. The molecular formula is C20H28N4. The number of benzene rings is 2. The number of nitrogens with one attached hydrogen (secondary N) is 1. The highest BCUT2D eigenvalue weighted by molar-refractivity contribution is 5.56. The van der Waals surface area contributed by atoms with Gasteiger partial charge in [-0.1, -0.05) is 18.2 Å². The first-order valence-corrected chi connectivity index (χ1v) is 8.96. The lowest BCUT2D eigenvalue weighted by atomic mass is 10.2. The number of nitrogens with two attached hydrogens (primary N) is 1. The lowest BCUT2D eigenvalue weighted by molar-refractivity contribution is 0.653. The lowest BCUT2D eigenvalue weighted by Gasteiger charge is -2.37. The van der Waals surface area contributed by atoms with E-state index in [9.17, 15) is 0 Å². The van der Waals surface area contributed by atoms with Gasteiger partial charge < -0.3 is 20.9 Å². The van der Waals surface area contributed by atoms with Gasteiger partial charge >= 0.3 is 0 Å². The molecule has 0 aromatic heterocycles. The Balaban J connectivity index is 1.49. The molecule has 0 radical (unpaired) electrons. The van der Waals surface area contributed by atoms with Crippen LogP contribution in [0.3, 0.4) is 0 Å². The molecule has 4 nitrogen and oxygen atoms in total. The van der Waals surface area contributed by atoms with E-state index in [2.05, 4.69) is 69.7 Å². The molecule has 1 aliphatic heterocycles. The molecule has 0 aliphatic carbocycles. The number of para-hydroxylation sites is 1. The maximum atomic E-state index is 5.52. The second-order valence-corrected chi connectivity index (χ2v) is 6.28. The molecule has 1 heterocycles. The van der Waals surface area contributed by atoms with Gasteiger partial charge in [-0.25, -0.2) is 0 Å². The summed E-state index contributed by atoms with van der Waals surface area (Å²) < 4.78 is 0. The number of unbranched alkanes of at least 4 members (excludes halogenated alkanes) is 1. The van der Waals surface area contributed by atoms with Crippen LogP contribution in [0.4, 0.5) is 17.1 Å². The summed E-state index contributed by atoms with van der Waals surface area (Å²) in [5.41, 5.74) is 9.36. The molecule has 24 heavy (non-hydrogen) atoms. The van der Waals surface area contributed by atoms with Gasteiger partial charge in [0.1, 0.15) is 0 Å². The first kappa shape index (κ1) is 16.7. The van der Waals surface area contributed by atoms with Crippen LogP contribution in [0.25, 0.3) is 0 Å². The third kappa shape index (κ3) is 4.42. The molecule has 0 atom stereocenters. The van der Waals surface area contributed by atoms with Crippen molar-refractivity contribution in [2.75, 3.05) is 54.4 Å². The van der Waals surface area contributed by atoms with Gasteiger partial charge in [-0.2, -0.15) is 0 Å². The summed E-state index contributed by atoms with van der Waals surface area (Å²) >= 11 is 0. The Hall–Kier alpha value is -2.20. The van der Waals surface area contributed by atoms with Gasteiger partial charge in [0.15, 0.2) is 0 Å². The largest absolute Gasteiger partial charge is 0.385 e. The Morgan fingerprint density at radius 2 is 1.33 bits per heavy atom. The van der Waals surface area contributed by atoms with E-state index >= 15 is 0 Å². The Bertz CT molecular complexity index is 589. The van der Waals surface area contributed by atoms with Crippen molar-refractivity contribution in [2.45, 2.75) is 12.8 Å². The number of piperazine rings is 1. The minimum Gasteiger partial charge on any atom is -0.385 e. The predicted octanol–water partition coefficient (Wildman–Crippen LogP) is 3.16. The van der Waals surface area contributed by atoms with Crippen LogP contribution in [0.5, 0.6) is 0 Å². The molecule has 3 rings (SSSR count). The van der Waals surface area contributed by atoms with Gasteiger partial charge in [0.2, 0.25) is 0 Å². The third-order valence-corrected chi connectivity index (χ3v) is 4.59. The van der Waals surface area contributed by atoms with Gasteiger partial charge in [-0.15, -0.1) is 0 Å². The molecule has 2 aromatic rings. The molecular weight excluding hydrogens is 296 g/mol. The fourth-order valence-electron chi connectivity index (χ4n) is 3.15. The summed E-state index contributed by atoms with van der Waals surface area (Å²) in [5.74, 6) is 0. The second-order valence-electron chi connectivity index (χ2n) is 6.28. The van der Waals surface area contributed by atoms with Crippen molar-refractivity contribution < 1.29 is 0 Å². The molecule has 0 spiro atoms. The van der Waals surface area contributed by atoms with E-state index in [0.717, 1.165) is 52.1 Å². The zero-order chi connectivity index (χ0) is 16.6. The second kappa shape index (κ2) is 8.60. The minimum atomic E-state index is 0.773. The van der Waals surface area contributed by atoms with E-state index in [1.165, 1.54) is 17.1 Å². The van der Waals surface area contributed by atoms with Crippen LogP contribution in [0, 0.1) is 0 Å². The van der Waals surface area contributed by atoms with Gasteiger partial charge in [-0.3, -0.25) is 0 Å². The molecule has 1 aliphatic rings. The normalized spacial score (nSPS) is 14.7. The van der Waals surface area contributed by atoms with Gasteiger partial charge in [-0.05, 0) is 55.8 Å². The van der Waals surface area contributed by atoms with Gasteiger partial charge in [0.05, 0.1) is 0 Å². The summed E-state index contributed by atoms with van der Waals surface area (Å²) in [4.78, 5) is 4.93. The van der Waals surface area contributed by atoms with Crippen molar-refractivity contribution in [2.24, 2.45) is 5.73 Å². The van der Waals surface area contributed by atoms with E-state index in [1.807, 2.05) is 0 Å². The number of hydrogen-bond acceptors (Lipinski definition) is 4. The summed E-state index contributed by atoms with van der Waals surface area (Å²) in [5, 5.41) is 3.46. The van der Waals surface area contributed by atoms with Crippen LogP contribution in [-0.2, 0) is 0 Å². The molecule has 0 bridgehead atoms. The van der Waals surface area contributed by atoms with Crippen LogP contribution < -0.4 is 20.9 Å². The summed E-state index contributed by atoms with van der Waals surface area (Å²) in [6.07, 6.45) is 2.20. The molecule has 1 fully saturated rings. The quantitative estimate of drug-likeness (QED) is 0.768. The molecule has 0 amide bonds. The SMILES string of the molecule is NCCCCNc1ccc(N2CCN(c3ccccc3)CC2)cc1. The van der Waals surface area contributed by atoms with Gasteiger partial charge in [0, 0.05) is 49.8 Å². The molecule has 4 heteroatoms. The van der Waals surface area contributed by atoms with Crippen LogP contribution >= 0.6 is 0 Å². The van der Waals surface area contributed by atoms with E-state index in [1.54, 1.807) is 0 Å². The van der Waals surface area contributed by atoms with Crippen molar-refractivity contribution in [1.29, 1.82) is 0 Å². The molecule has 1 saturated heterocycles. The maximum Gasteiger partial charge on any atom is 0.0368 e. The molecule has 0 saturated carbocycles. The number of nitrogens with zero attached hydrogens (tertiary/aromatic N) is 2. The fourth-order valence-corrected chi connectivity index (χ4v) is 3.15. The van der Waals surface area contributed by atoms with Crippen molar-refractivity contribution >= 4 is 17.1 Å². The molecule has 2 aromatic carbocycles. The average Bonchev–Trinajstić information content (AvgIpc) is 2.67. The van der Waals surface area contributed by atoms with Crippen molar-refractivity contribution in [3.05, 3.63) is 54.6 Å². The number of anilines is 3. The highest BCUT2D eigenvalue weighted by Gasteiger charge is 2.17. The van der Waals surface area contributed by atoms with E-state index in [-0.39, 0.29) is 0 Å². The Morgan fingerprint density at radius 3 is 1.92 bits per heavy atom. The monoisotopic (exact) mass is 324 g/mol. The molecule has 3 N–H and O–H groups in total.